The molecule has 2 heterocycles. The van der Waals surface area contributed by atoms with Crippen LogP contribution in [0.5, 0.6) is 0 Å². The SMILES string of the molecule is NC(C=O)(c1c[nH]c2ccccc12)C(CN1CC(=O)NCC1=O)C(=O)NCc1ccccc1Cl. The van der Waals surface area contributed by atoms with Gasteiger partial charge in [0.15, 0.2) is 0 Å². The van der Waals surface area contributed by atoms with Gasteiger partial charge < -0.3 is 31.0 Å². The molecule has 0 spiro atoms. The molecule has 2 unspecified atom stereocenters. The average molecular weight is 482 g/mol. The number of nitrogens with two attached hydrogens (primary N) is 1. The number of halogens is 1. The van der Waals surface area contributed by atoms with Gasteiger partial charge in [0.1, 0.15) is 11.8 Å². The van der Waals surface area contributed by atoms with Crippen LogP contribution in [0.2, 0.25) is 5.02 Å². The zero-order valence-electron chi connectivity index (χ0n) is 18.2. The van der Waals surface area contributed by atoms with E-state index in [0.29, 0.717) is 27.8 Å². The van der Waals surface area contributed by atoms with Crippen molar-refractivity contribution in [3.63, 3.8) is 0 Å². The molecular weight excluding hydrogens is 458 g/mol. The van der Waals surface area contributed by atoms with Crippen LogP contribution in [0.3, 0.4) is 0 Å². The first-order valence-corrected chi connectivity index (χ1v) is 11.1. The van der Waals surface area contributed by atoms with Crippen molar-refractivity contribution < 1.29 is 19.2 Å². The Bertz CT molecular complexity index is 1260. The van der Waals surface area contributed by atoms with Crippen LogP contribution >= 0.6 is 11.6 Å². The number of para-hydroxylation sites is 1. The van der Waals surface area contributed by atoms with E-state index in [1.54, 1.807) is 42.6 Å². The minimum absolute atomic E-state index is 0.103. The predicted octanol–water partition coefficient (Wildman–Crippen LogP) is 1.07. The Labute approximate surface area is 200 Å². The number of nitrogens with one attached hydrogen (secondary N) is 3. The molecule has 176 valence electrons. The Kier molecular flexibility index (Phi) is 6.67. The van der Waals surface area contributed by atoms with Crippen LogP contribution in [0, 0.1) is 5.92 Å². The molecule has 2 aromatic carbocycles. The van der Waals surface area contributed by atoms with Crippen LogP contribution in [0.4, 0.5) is 0 Å². The third kappa shape index (κ3) is 4.52. The lowest BCUT2D eigenvalue weighted by molar-refractivity contribution is -0.143. The number of carbonyl (C=O) groups is 4. The highest BCUT2D eigenvalue weighted by atomic mass is 35.5. The number of hydrogen-bond donors (Lipinski definition) is 4. The van der Waals surface area contributed by atoms with E-state index in [0.717, 1.165) is 5.52 Å². The van der Waals surface area contributed by atoms with E-state index in [1.165, 1.54) is 4.90 Å². The van der Waals surface area contributed by atoms with E-state index in [2.05, 4.69) is 15.6 Å². The maximum Gasteiger partial charge on any atom is 0.242 e. The van der Waals surface area contributed by atoms with Crippen molar-refractivity contribution >= 4 is 46.5 Å². The molecule has 0 saturated carbocycles. The number of fused-ring (bicyclic) bond motifs is 1. The van der Waals surface area contributed by atoms with E-state index in [4.69, 9.17) is 17.3 Å². The molecule has 0 bridgehead atoms. The first-order valence-electron chi connectivity index (χ1n) is 10.7. The van der Waals surface area contributed by atoms with Crippen LogP contribution < -0.4 is 16.4 Å². The summed E-state index contributed by atoms with van der Waals surface area (Å²) in [7, 11) is 0. The van der Waals surface area contributed by atoms with Crippen molar-refractivity contribution in [1.29, 1.82) is 0 Å². The van der Waals surface area contributed by atoms with Crippen molar-refractivity contribution in [3.8, 4) is 0 Å². The van der Waals surface area contributed by atoms with Gasteiger partial charge in [0, 0.05) is 40.8 Å². The maximum atomic E-state index is 13.5. The third-order valence-corrected chi connectivity index (χ3v) is 6.45. The Morgan fingerprint density at radius 1 is 1.21 bits per heavy atom. The molecule has 1 fully saturated rings. The summed E-state index contributed by atoms with van der Waals surface area (Å²) >= 11 is 6.21. The van der Waals surface area contributed by atoms with Gasteiger partial charge in [0.2, 0.25) is 17.7 Å². The molecule has 1 saturated heterocycles. The Morgan fingerprint density at radius 2 is 1.94 bits per heavy atom. The molecule has 4 rings (SSSR count). The van der Waals surface area contributed by atoms with Crippen molar-refractivity contribution in [2.24, 2.45) is 11.7 Å². The minimum atomic E-state index is -1.78. The number of carbonyl (C=O) groups excluding carboxylic acids is 4. The molecular formula is C24H24ClN5O4. The molecule has 34 heavy (non-hydrogen) atoms. The molecule has 3 amide bonds. The highest BCUT2D eigenvalue weighted by Crippen LogP contribution is 2.33. The molecule has 2 atom stereocenters. The van der Waals surface area contributed by atoms with Gasteiger partial charge in [0.05, 0.1) is 19.0 Å². The number of aldehydes is 1. The van der Waals surface area contributed by atoms with Crippen molar-refractivity contribution in [1.82, 2.24) is 20.5 Å². The first kappa shape index (κ1) is 23.5. The second-order valence-electron chi connectivity index (χ2n) is 8.21. The summed E-state index contributed by atoms with van der Waals surface area (Å²) < 4.78 is 0. The molecule has 1 aliphatic rings. The van der Waals surface area contributed by atoms with Gasteiger partial charge in [-0.15, -0.1) is 0 Å². The number of aromatic nitrogens is 1. The molecule has 0 radical (unpaired) electrons. The zero-order valence-corrected chi connectivity index (χ0v) is 19.0. The normalized spacial score (nSPS) is 16.6. The summed E-state index contributed by atoms with van der Waals surface area (Å²) in [5.41, 5.74) is 6.73. The van der Waals surface area contributed by atoms with E-state index in [-0.39, 0.29) is 38.0 Å². The van der Waals surface area contributed by atoms with Crippen LogP contribution in [0.25, 0.3) is 10.9 Å². The fourth-order valence-corrected chi connectivity index (χ4v) is 4.35. The van der Waals surface area contributed by atoms with Crippen LogP contribution in [0.15, 0.2) is 54.7 Å². The van der Waals surface area contributed by atoms with Gasteiger partial charge in [-0.1, -0.05) is 48.0 Å². The van der Waals surface area contributed by atoms with Gasteiger partial charge in [-0.25, -0.2) is 0 Å². The van der Waals surface area contributed by atoms with Crippen LogP contribution in [-0.4, -0.2) is 53.5 Å². The molecule has 0 aliphatic carbocycles. The second kappa shape index (κ2) is 9.66. The summed E-state index contributed by atoms with van der Waals surface area (Å²) in [5.74, 6) is -2.44. The fraction of sp³-hybridized carbons (Fsp3) is 0.250. The summed E-state index contributed by atoms with van der Waals surface area (Å²) in [4.78, 5) is 54.7. The van der Waals surface area contributed by atoms with Crippen LogP contribution in [0.1, 0.15) is 11.1 Å². The Hall–Kier alpha value is -3.69. The maximum absolute atomic E-state index is 13.5. The van der Waals surface area contributed by atoms with Crippen molar-refractivity contribution in [2.45, 2.75) is 12.1 Å². The second-order valence-corrected chi connectivity index (χ2v) is 8.62. The van der Waals surface area contributed by atoms with Gasteiger partial charge in [-0.2, -0.15) is 0 Å². The molecule has 3 aromatic rings. The fourth-order valence-electron chi connectivity index (χ4n) is 4.15. The highest BCUT2D eigenvalue weighted by Gasteiger charge is 2.45. The number of nitrogens with zero attached hydrogens (tertiary/aromatic N) is 1. The lowest BCUT2D eigenvalue weighted by atomic mass is 9.78. The summed E-state index contributed by atoms with van der Waals surface area (Å²) in [6, 6.07) is 14.3. The first-order chi connectivity index (χ1) is 16.3. The van der Waals surface area contributed by atoms with E-state index >= 15 is 0 Å². The molecule has 9 nitrogen and oxygen atoms in total. The van der Waals surface area contributed by atoms with E-state index in [9.17, 15) is 19.2 Å². The van der Waals surface area contributed by atoms with Gasteiger partial charge in [-0.3, -0.25) is 14.4 Å². The smallest absolute Gasteiger partial charge is 0.242 e. The summed E-state index contributed by atoms with van der Waals surface area (Å²) in [5, 5.41) is 6.43. The van der Waals surface area contributed by atoms with Crippen molar-refractivity contribution in [3.05, 3.63) is 70.9 Å². The van der Waals surface area contributed by atoms with E-state index < -0.39 is 17.4 Å². The third-order valence-electron chi connectivity index (χ3n) is 6.08. The quantitative estimate of drug-likeness (QED) is 0.356. The molecule has 5 N–H and O–H groups in total. The Morgan fingerprint density at radius 3 is 2.71 bits per heavy atom. The molecule has 10 heteroatoms. The Balaban J connectivity index is 1.70. The number of rotatable bonds is 8. The van der Waals surface area contributed by atoms with Gasteiger partial charge in [0.25, 0.3) is 0 Å². The van der Waals surface area contributed by atoms with Gasteiger partial charge in [-0.05, 0) is 17.7 Å². The topological polar surface area (TPSA) is 137 Å². The standard InChI is InChI=1S/C24H24ClN5O4/c25-19-7-3-1-5-15(19)9-29-23(34)18(12-30-13-21(32)28-11-22(30)33)24(26,14-31)17-10-27-20-8-4-2-6-16(17)20/h1-8,10,14,18,27H,9,11-13,26H2,(H,28,32)(H,29,34). The lowest BCUT2D eigenvalue weighted by Crippen LogP contribution is -2.60. The number of hydrogen-bond acceptors (Lipinski definition) is 5. The molecule has 1 aliphatic heterocycles. The van der Waals surface area contributed by atoms with Crippen LogP contribution in [-0.2, 0) is 31.3 Å². The number of aromatic amines is 1. The zero-order chi connectivity index (χ0) is 24.3. The number of benzene rings is 2. The minimum Gasteiger partial charge on any atom is -0.361 e. The summed E-state index contributed by atoms with van der Waals surface area (Å²) in [6.07, 6.45) is 2.12. The average Bonchev–Trinajstić information content (AvgIpc) is 3.28. The predicted molar refractivity (Wildman–Crippen MR) is 127 cm³/mol. The molecule has 1 aromatic heterocycles. The highest BCUT2D eigenvalue weighted by molar-refractivity contribution is 6.31. The summed E-state index contributed by atoms with van der Waals surface area (Å²) in [6.45, 7) is -0.518. The van der Waals surface area contributed by atoms with E-state index in [1.807, 2.05) is 12.1 Å². The number of piperazine rings is 1. The lowest BCUT2D eigenvalue weighted by Gasteiger charge is -2.36. The van der Waals surface area contributed by atoms with Crippen molar-refractivity contribution in [2.75, 3.05) is 19.6 Å². The largest absolute Gasteiger partial charge is 0.361 e. The number of amides is 3. The van der Waals surface area contributed by atoms with Gasteiger partial charge >= 0.3 is 0 Å². The monoisotopic (exact) mass is 481 g/mol. The number of H-pyrrole nitrogens is 1.